The summed E-state index contributed by atoms with van der Waals surface area (Å²) < 4.78 is 16.6. The first-order valence-electron chi connectivity index (χ1n) is 9.81. The fraction of sp³-hybridized carbons (Fsp3) is 0.0455. The SMILES string of the molecule is Cc1cn(-c2nccc3[nH]c(-c4n[nH]c5cc(F)c(-c6cncc(N)c6)cc45)nc23)cn1. The topological polar surface area (TPSA) is 127 Å². The molecule has 1 aromatic carbocycles. The normalized spacial score (nSPS) is 11.6. The molecule has 0 saturated heterocycles. The first-order chi connectivity index (χ1) is 15.6. The van der Waals surface area contributed by atoms with Crippen molar-refractivity contribution in [2.75, 3.05) is 5.73 Å². The number of nitrogens with zero attached hydrogens (tertiary/aromatic N) is 6. The number of aromatic nitrogens is 8. The molecule has 5 aromatic heterocycles. The van der Waals surface area contributed by atoms with Crippen LogP contribution in [-0.4, -0.2) is 39.7 Å². The van der Waals surface area contributed by atoms with Crippen LogP contribution >= 0.6 is 0 Å². The molecule has 6 rings (SSSR count). The number of H-pyrrole nitrogens is 2. The molecule has 0 bridgehead atoms. The van der Waals surface area contributed by atoms with Gasteiger partial charge in [0, 0.05) is 47.4 Å². The zero-order chi connectivity index (χ0) is 21.8. The fourth-order valence-electron chi connectivity index (χ4n) is 3.80. The van der Waals surface area contributed by atoms with Gasteiger partial charge >= 0.3 is 0 Å². The summed E-state index contributed by atoms with van der Waals surface area (Å²) in [6.07, 6.45) is 8.38. The van der Waals surface area contributed by atoms with E-state index in [1.807, 2.05) is 23.8 Å². The van der Waals surface area contributed by atoms with E-state index in [9.17, 15) is 4.39 Å². The molecular formula is C22H16FN9. The molecule has 0 atom stereocenters. The number of aryl methyl sites for hydroxylation is 1. The number of hydrogen-bond donors (Lipinski definition) is 3. The Morgan fingerprint density at radius 2 is 2.00 bits per heavy atom. The van der Waals surface area contributed by atoms with Gasteiger partial charge in [-0.05, 0) is 25.1 Å². The van der Waals surface area contributed by atoms with Gasteiger partial charge in [-0.3, -0.25) is 14.6 Å². The Balaban J connectivity index is 1.53. The van der Waals surface area contributed by atoms with Gasteiger partial charge in [-0.25, -0.2) is 19.3 Å². The van der Waals surface area contributed by atoms with Crippen molar-refractivity contribution in [2.24, 2.45) is 0 Å². The minimum absolute atomic E-state index is 0.382. The van der Waals surface area contributed by atoms with E-state index in [0.29, 0.717) is 45.2 Å². The number of nitrogens with two attached hydrogens (primary N) is 1. The number of rotatable bonds is 3. The lowest BCUT2D eigenvalue weighted by Crippen LogP contribution is -1.95. The van der Waals surface area contributed by atoms with Gasteiger partial charge < -0.3 is 10.7 Å². The summed E-state index contributed by atoms with van der Waals surface area (Å²) in [4.78, 5) is 20.9. The fourth-order valence-corrected chi connectivity index (χ4v) is 3.80. The third-order valence-corrected chi connectivity index (χ3v) is 5.28. The summed E-state index contributed by atoms with van der Waals surface area (Å²) in [5.41, 5.74) is 10.8. The van der Waals surface area contributed by atoms with Crippen molar-refractivity contribution in [3.05, 3.63) is 66.9 Å². The highest BCUT2D eigenvalue weighted by Crippen LogP contribution is 2.33. The molecule has 6 aromatic rings. The molecule has 9 nitrogen and oxygen atoms in total. The molecule has 0 aliphatic rings. The second kappa shape index (κ2) is 6.71. The van der Waals surface area contributed by atoms with E-state index in [1.165, 1.54) is 12.3 Å². The largest absolute Gasteiger partial charge is 0.397 e. The lowest BCUT2D eigenvalue weighted by atomic mass is 10.0. The van der Waals surface area contributed by atoms with Crippen LogP contribution in [0.3, 0.4) is 0 Å². The summed E-state index contributed by atoms with van der Waals surface area (Å²) in [5, 5.41) is 8.00. The quantitative estimate of drug-likeness (QED) is 0.396. The summed E-state index contributed by atoms with van der Waals surface area (Å²) in [7, 11) is 0. The highest BCUT2D eigenvalue weighted by molar-refractivity contribution is 5.96. The molecule has 4 N–H and O–H groups in total. The van der Waals surface area contributed by atoms with Gasteiger partial charge in [0.25, 0.3) is 0 Å². The minimum atomic E-state index is -0.397. The van der Waals surface area contributed by atoms with Gasteiger partial charge in [0.05, 0.1) is 22.4 Å². The zero-order valence-corrected chi connectivity index (χ0v) is 16.8. The maximum Gasteiger partial charge on any atom is 0.166 e. The summed E-state index contributed by atoms with van der Waals surface area (Å²) in [6, 6.07) is 6.67. The third kappa shape index (κ3) is 2.81. The number of nitrogens with one attached hydrogen (secondary N) is 2. The van der Waals surface area contributed by atoms with E-state index in [2.05, 4.69) is 30.1 Å². The minimum Gasteiger partial charge on any atom is -0.397 e. The molecule has 0 aliphatic heterocycles. The number of aromatic amines is 2. The predicted molar refractivity (Wildman–Crippen MR) is 118 cm³/mol. The number of imidazole rings is 2. The van der Waals surface area contributed by atoms with Gasteiger partial charge in [0.15, 0.2) is 11.6 Å². The molecule has 0 saturated carbocycles. The molecule has 156 valence electrons. The number of nitrogen functional groups attached to an aromatic ring is 1. The van der Waals surface area contributed by atoms with Crippen LogP contribution in [-0.2, 0) is 0 Å². The molecule has 5 heterocycles. The van der Waals surface area contributed by atoms with Crippen LogP contribution in [0.25, 0.3) is 50.4 Å². The molecule has 0 spiro atoms. The summed E-state index contributed by atoms with van der Waals surface area (Å²) in [5.74, 6) is 0.801. The van der Waals surface area contributed by atoms with Gasteiger partial charge in [0.1, 0.15) is 23.4 Å². The van der Waals surface area contributed by atoms with Crippen LogP contribution in [0, 0.1) is 12.7 Å². The lowest BCUT2D eigenvalue weighted by Gasteiger charge is -2.05. The predicted octanol–water partition coefficient (Wildman–Crippen LogP) is 3.78. The Bertz CT molecular complexity index is 1630. The Kier molecular flexibility index (Phi) is 3.81. The van der Waals surface area contributed by atoms with Crippen molar-refractivity contribution in [3.63, 3.8) is 0 Å². The van der Waals surface area contributed by atoms with Crippen molar-refractivity contribution in [1.29, 1.82) is 0 Å². The van der Waals surface area contributed by atoms with Crippen LogP contribution < -0.4 is 5.73 Å². The molecule has 32 heavy (non-hydrogen) atoms. The molecule has 0 radical (unpaired) electrons. The monoisotopic (exact) mass is 425 g/mol. The van der Waals surface area contributed by atoms with E-state index in [4.69, 9.17) is 10.7 Å². The Hall–Kier alpha value is -4.60. The average molecular weight is 425 g/mol. The molecule has 0 aliphatic carbocycles. The first kappa shape index (κ1) is 18.2. The summed E-state index contributed by atoms with van der Waals surface area (Å²) >= 11 is 0. The van der Waals surface area contributed by atoms with E-state index in [-0.39, 0.29) is 0 Å². The van der Waals surface area contributed by atoms with Gasteiger partial charge in [0.2, 0.25) is 0 Å². The molecule has 0 fully saturated rings. The van der Waals surface area contributed by atoms with Gasteiger partial charge in [-0.2, -0.15) is 5.10 Å². The van der Waals surface area contributed by atoms with Gasteiger partial charge in [-0.1, -0.05) is 0 Å². The molecular weight excluding hydrogens is 409 g/mol. The van der Waals surface area contributed by atoms with Crippen molar-refractivity contribution >= 4 is 27.6 Å². The number of pyridine rings is 2. The van der Waals surface area contributed by atoms with Crippen LogP contribution in [0.2, 0.25) is 0 Å². The van der Waals surface area contributed by atoms with E-state index in [0.717, 1.165) is 16.6 Å². The van der Waals surface area contributed by atoms with Crippen molar-refractivity contribution in [3.8, 4) is 28.5 Å². The number of fused-ring (bicyclic) bond motifs is 2. The van der Waals surface area contributed by atoms with Crippen LogP contribution in [0.4, 0.5) is 10.1 Å². The van der Waals surface area contributed by atoms with E-state index >= 15 is 0 Å². The Morgan fingerprint density at radius 1 is 1.09 bits per heavy atom. The average Bonchev–Trinajstić information content (AvgIpc) is 3.50. The van der Waals surface area contributed by atoms with Crippen LogP contribution in [0.5, 0.6) is 0 Å². The van der Waals surface area contributed by atoms with Gasteiger partial charge in [-0.15, -0.1) is 0 Å². The maximum atomic E-state index is 14.8. The number of halogens is 1. The number of benzene rings is 1. The van der Waals surface area contributed by atoms with E-state index in [1.54, 1.807) is 30.9 Å². The van der Waals surface area contributed by atoms with Crippen LogP contribution in [0.15, 0.2) is 55.4 Å². The second-order valence-electron chi connectivity index (χ2n) is 7.50. The molecule has 10 heteroatoms. The summed E-state index contributed by atoms with van der Waals surface area (Å²) in [6.45, 7) is 1.91. The Labute approximate surface area is 180 Å². The Morgan fingerprint density at radius 3 is 2.81 bits per heavy atom. The van der Waals surface area contributed by atoms with Crippen molar-refractivity contribution in [1.82, 2.24) is 39.7 Å². The smallest absolute Gasteiger partial charge is 0.166 e. The molecule has 0 amide bonds. The second-order valence-corrected chi connectivity index (χ2v) is 7.50. The highest BCUT2D eigenvalue weighted by Gasteiger charge is 2.18. The van der Waals surface area contributed by atoms with E-state index < -0.39 is 5.82 Å². The number of anilines is 1. The van der Waals surface area contributed by atoms with Crippen molar-refractivity contribution in [2.45, 2.75) is 6.92 Å². The number of hydrogen-bond acceptors (Lipinski definition) is 6. The van der Waals surface area contributed by atoms with Crippen LogP contribution in [0.1, 0.15) is 5.69 Å². The zero-order valence-electron chi connectivity index (χ0n) is 16.8. The van der Waals surface area contributed by atoms with Crippen molar-refractivity contribution < 1.29 is 4.39 Å². The highest BCUT2D eigenvalue weighted by atomic mass is 19.1. The molecule has 0 unspecified atom stereocenters. The standard InChI is InChI=1S/C22H16FN9/c1-11-9-32(10-27-11)22-20-17(2-3-26-22)28-21(29-20)19-15-5-14(12-4-13(24)8-25-7-12)16(23)6-18(15)30-31-19/h2-10H,24H2,1H3,(H,28,29)(H,30,31). The first-order valence-corrected chi connectivity index (χ1v) is 9.81. The lowest BCUT2D eigenvalue weighted by molar-refractivity contribution is 0.633. The third-order valence-electron chi connectivity index (χ3n) is 5.28. The maximum absolute atomic E-state index is 14.8.